The number of rotatable bonds is 6. The van der Waals surface area contributed by atoms with Crippen LogP contribution in [-0.4, -0.2) is 30.0 Å². The summed E-state index contributed by atoms with van der Waals surface area (Å²) in [4.78, 5) is 20.1. The number of hydrogen-bond donors (Lipinski definition) is 0. The molecule has 5 heteroatoms. The van der Waals surface area contributed by atoms with Gasteiger partial charge in [-0.2, -0.15) is 5.26 Å². The average molecular weight is 395 g/mol. The maximum absolute atomic E-state index is 13.3. The van der Waals surface area contributed by atoms with E-state index < -0.39 is 5.54 Å². The van der Waals surface area contributed by atoms with Gasteiger partial charge in [0.1, 0.15) is 11.4 Å². The second-order valence-electron chi connectivity index (χ2n) is 8.35. The third-order valence-corrected chi connectivity index (χ3v) is 6.26. The summed E-state index contributed by atoms with van der Waals surface area (Å²) in [5, 5.41) is 9.36. The van der Waals surface area contributed by atoms with Gasteiger partial charge < -0.3 is 0 Å². The van der Waals surface area contributed by atoms with E-state index in [4.69, 9.17) is 12.8 Å². The minimum absolute atomic E-state index is 0.112. The number of carbonyl (C=O) groups excluding carboxylic acids is 1. The van der Waals surface area contributed by atoms with Crippen molar-refractivity contribution in [2.24, 2.45) is 4.99 Å². The Hall–Kier alpha value is -2.87. The molecule has 2 aromatic carbocycles. The smallest absolute Gasteiger partial charge is 0.256 e. The Kier molecular flexibility index (Phi) is 5.77. The van der Waals surface area contributed by atoms with Gasteiger partial charge in [0, 0.05) is 0 Å². The third-order valence-electron chi connectivity index (χ3n) is 6.26. The molecule has 1 saturated carbocycles. The average Bonchev–Trinajstić information content (AvgIpc) is 3.35. The van der Waals surface area contributed by atoms with E-state index in [1.54, 1.807) is 0 Å². The second-order valence-corrected chi connectivity index (χ2v) is 8.35. The lowest BCUT2D eigenvalue weighted by Gasteiger charge is -2.25. The molecule has 2 aliphatic rings. The van der Waals surface area contributed by atoms with Gasteiger partial charge >= 0.3 is 0 Å². The van der Waals surface area contributed by atoms with Gasteiger partial charge in [0.15, 0.2) is 0 Å². The Balaban J connectivity index is 1.59. The predicted molar refractivity (Wildman–Crippen MR) is 120 cm³/mol. The summed E-state index contributed by atoms with van der Waals surface area (Å²) >= 11 is 0. The Morgan fingerprint density at radius 2 is 1.87 bits per heavy atom. The van der Waals surface area contributed by atoms with Gasteiger partial charge in [0.25, 0.3) is 5.91 Å². The molecule has 0 N–H and O–H groups in total. The SMILES string of the molecule is [B]C(CCC)C1=NC2(CCCC2)C(=O)N1Cc1ccc(-c2ccccc2C#N)cc1. The number of amidine groups is 1. The van der Waals surface area contributed by atoms with Crippen molar-refractivity contribution in [2.75, 3.05) is 0 Å². The molecule has 1 aliphatic carbocycles. The summed E-state index contributed by atoms with van der Waals surface area (Å²) in [6, 6.07) is 17.9. The summed E-state index contributed by atoms with van der Waals surface area (Å²) in [7, 11) is 6.42. The van der Waals surface area contributed by atoms with E-state index in [0.29, 0.717) is 12.1 Å². The fourth-order valence-electron chi connectivity index (χ4n) is 4.65. The van der Waals surface area contributed by atoms with Crippen LogP contribution in [0.15, 0.2) is 53.5 Å². The van der Waals surface area contributed by atoms with E-state index in [9.17, 15) is 10.1 Å². The minimum atomic E-state index is -0.577. The number of amides is 1. The van der Waals surface area contributed by atoms with Crippen molar-refractivity contribution in [1.29, 1.82) is 5.26 Å². The van der Waals surface area contributed by atoms with E-state index in [-0.39, 0.29) is 11.7 Å². The van der Waals surface area contributed by atoms with Crippen molar-refractivity contribution in [1.82, 2.24) is 4.90 Å². The lowest BCUT2D eigenvalue weighted by atomic mass is 9.82. The van der Waals surface area contributed by atoms with Crippen molar-refractivity contribution >= 4 is 19.6 Å². The van der Waals surface area contributed by atoms with E-state index in [0.717, 1.165) is 61.1 Å². The number of aliphatic imine (C=N–C) groups is 1. The van der Waals surface area contributed by atoms with Crippen LogP contribution in [0.2, 0.25) is 5.82 Å². The number of hydrogen-bond acceptors (Lipinski definition) is 3. The highest BCUT2D eigenvalue weighted by Crippen LogP contribution is 2.41. The van der Waals surface area contributed by atoms with Crippen LogP contribution in [0.4, 0.5) is 0 Å². The fourth-order valence-corrected chi connectivity index (χ4v) is 4.65. The van der Waals surface area contributed by atoms with Crippen LogP contribution in [0.25, 0.3) is 11.1 Å². The van der Waals surface area contributed by atoms with Crippen LogP contribution in [0, 0.1) is 11.3 Å². The lowest BCUT2D eigenvalue weighted by Crippen LogP contribution is -2.41. The molecular formula is C25H26BN3O. The summed E-state index contributed by atoms with van der Waals surface area (Å²) in [6.45, 7) is 2.59. The zero-order valence-corrected chi connectivity index (χ0v) is 17.5. The Morgan fingerprint density at radius 1 is 1.17 bits per heavy atom. The van der Waals surface area contributed by atoms with Gasteiger partial charge in [-0.25, -0.2) is 0 Å². The molecule has 1 atom stereocenters. The van der Waals surface area contributed by atoms with Gasteiger partial charge in [-0.05, 0) is 41.4 Å². The van der Waals surface area contributed by atoms with Crippen molar-refractivity contribution < 1.29 is 4.79 Å². The molecule has 1 unspecified atom stereocenters. The highest BCUT2D eigenvalue weighted by atomic mass is 16.2. The van der Waals surface area contributed by atoms with Crippen LogP contribution in [-0.2, 0) is 11.3 Å². The van der Waals surface area contributed by atoms with Crippen LogP contribution < -0.4 is 0 Å². The largest absolute Gasteiger partial charge is 0.294 e. The molecular weight excluding hydrogens is 369 g/mol. The third kappa shape index (κ3) is 3.67. The van der Waals surface area contributed by atoms with Crippen molar-refractivity contribution in [2.45, 2.75) is 63.3 Å². The molecule has 4 nitrogen and oxygen atoms in total. The minimum Gasteiger partial charge on any atom is -0.294 e. The highest BCUT2D eigenvalue weighted by Gasteiger charge is 2.50. The molecule has 150 valence electrons. The Bertz CT molecular complexity index is 1000. The summed E-state index contributed by atoms with van der Waals surface area (Å²) in [5.41, 5.74) is 3.02. The first kappa shape index (κ1) is 20.4. The zero-order valence-electron chi connectivity index (χ0n) is 17.5. The molecule has 4 rings (SSSR count). The number of benzene rings is 2. The topological polar surface area (TPSA) is 56.5 Å². The second kappa shape index (κ2) is 8.48. The molecule has 0 saturated heterocycles. The van der Waals surface area contributed by atoms with Gasteiger partial charge in [0.05, 0.1) is 26.0 Å². The molecule has 1 aliphatic heterocycles. The molecule has 1 amide bonds. The molecule has 30 heavy (non-hydrogen) atoms. The number of carbonyl (C=O) groups is 1. The Morgan fingerprint density at radius 3 is 2.53 bits per heavy atom. The van der Waals surface area contributed by atoms with Gasteiger partial charge in [-0.1, -0.05) is 75.1 Å². The van der Waals surface area contributed by atoms with Crippen molar-refractivity contribution in [3.05, 3.63) is 59.7 Å². The van der Waals surface area contributed by atoms with Gasteiger partial charge in [-0.15, -0.1) is 0 Å². The summed E-state index contributed by atoms with van der Waals surface area (Å²) < 4.78 is 0. The van der Waals surface area contributed by atoms with E-state index in [2.05, 4.69) is 13.0 Å². The standard InChI is InChI=1S/C25H26BN3O/c1-2-7-22(26)23-28-25(14-5-6-15-25)24(30)29(23)17-18-10-12-19(13-11-18)21-9-4-3-8-20(21)16-27/h3-4,8-13,22H,2,5-7,14-15,17H2,1H3. The highest BCUT2D eigenvalue weighted by molar-refractivity contribution is 6.28. The number of nitrogens with zero attached hydrogens (tertiary/aromatic N) is 3. The van der Waals surface area contributed by atoms with Gasteiger partial charge in [-0.3, -0.25) is 14.7 Å². The van der Waals surface area contributed by atoms with Crippen molar-refractivity contribution in [3.8, 4) is 17.2 Å². The first-order valence-corrected chi connectivity index (χ1v) is 10.8. The van der Waals surface area contributed by atoms with Crippen LogP contribution in [0.3, 0.4) is 0 Å². The molecule has 1 fully saturated rings. The molecule has 1 spiro atoms. The lowest BCUT2D eigenvalue weighted by molar-refractivity contribution is -0.131. The normalized spacial score (nSPS) is 18.5. The van der Waals surface area contributed by atoms with E-state index in [1.165, 1.54) is 0 Å². The maximum Gasteiger partial charge on any atom is 0.256 e. The van der Waals surface area contributed by atoms with Crippen molar-refractivity contribution in [3.63, 3.8) is 0 Å². The van der Waals surface area contributed by atoms with Crippen LogP contribution in [0.5, 0.6) is 0 Å². The quantitative estimate of drug-likeness (QED) is 0.644. The molecule has 0 bridgehead atoms. The zero-order chi connectivity index (χ0) is 21.1. The maximum atomic E-state index is 13.3. The summed E-state index contributed by atoms with van der Waals surface area (Å²) in [5.74, 6) is 0.656. The fraction of sp³-hybridized carbons (Fsp3) is 0.400. The van der Waals surface area contributed by atoms with Crippen LogP contribution in [0.1, 0.15) is 56.6 Å². The molecule has 1 heterocycles. The molecule has 0 aromatic heterocycles. The predicted octanol–water partition coefficient (Wildman–Crippen LogP) is 5.04. The first-order chi connectivity index (χ1) is 14.6. The molecule has 2 radical (unpaired) electrons. The summed E-state index contributed by atoms with van der Waals surface area (Å²) in [6.07, 6.45) is 5.53. The van der Waals surface area contributed by atoms with Gasteiger partial charge in [0.2, 0.25) is 0 Å². The monoisotopic (exact) mass is 395 g/mol. The number of nitriles is 1. The van der Waals surface area contributed by atoms with Crippen LogP contribution >= 0.6 is 0 Å². The van der Waals surface area contributed by atoms with E-state index in [1.807, 2.05) is 53.4 Å². The Labute approximate surface area is 180 Å². The molecule has 2 aromatic rings. The van der Waals surface area contributed by atoms with E-state index >= 15 is 0 Å². The first-order valence-electron chi connectivity index (χ1n) is 10.8.